The van der Waals surface area contributed by atoms with Crippen LogP contribution in [0.15, 0.2) is 5.16 Å². The third-order valence-electron chi connectivity index (χ3n) is 3.76. The van der Waals surface area contributed by atoms with E-state index < -0.39 is 0 Å². The first-order chi connectivity index (χ1) is 6.20. The minimum atomic E-state index is 0.685. The number of nitrogens with one attached hydrogen (secondary N) is 1. The second-order valence-electron chi connectivity index (χ2n) is 4.81. The zero-order valence-corrected chi connectivity index (χ0v) is 8.45. The van der Waals surface area contributed by atoms with Crippen LogP contribution in [-0.2, 0) is 0 Å². The molecule has 1 unspecified atom stereocenters. The van der Waals surface area contributed by atoms with Crippen molar-refractivity contribution >= 4 is 5.71 Å². The third kappa shape index (κ3) is 1.57. The fourth-order valence-corrected chi connectivity index (χ4v) is 3.15. The summed E-state index contributed by atoms with van der Waals surface area (Å²) in [6.45, 7) is 3.59. The average Bonchev–Trinajstić information content (AvgIpc) is 2.32. The van der Waals surface area contributed by atoms with Crippen molar-refractivity contribution in [2.75, 3.05) is 13.6 Å². The molecule has 74 valence electrons. The molecular formula is C10H19N2O+. The van der Waals surface area contributed by atoms with Crippen LogP contribution in [0.5, 0.6) is 0 Å². The lowest BCUT2D eigenvalue weighted by Gasteiger charge is -2.34. The summed E-state index contributed by atoms with van der Waals surface area (Å²) in [7, 11) is 2.27. The van der Waals surface area contributed by atoms with Gasteiger partial charge in [0.05, 0.1) is 25.3 Å². The summed E-state index contributed by atoms with van der Waals surface area (Å²) in [5.41, 5.74) is 1.02. The Hall–Kier alpha value is -0.570. The Kier molecular flexibility index (Phi) is 2.28. The number of fused-ring (bicyclic) bond motifs is 4. The fourth-order valence-electron chi connectivity index (χ4n) is 3.15. The smallest absolute Gasteiger partial charge is 0.0952 e. The summed E-state index contributed by atoms with van der Waals surface area (Å²) in [6, 6.07) is 0.685. The largest absolute Gasteiger partial charge is 0.411 e. The highest BCUT2D eigenvalue weighted by atomic mass is 16.4. The minimum absolute atomic E-state index is 0.685. The Balaban J connectivity index is 2.21. The molecule has 2 N–H and O–H groups in total. The molecule has 0 spiro atoms. The lowest BCUT2D eigenvalue weighted by molar-refractivity contribution is -0.917. The lowest BCUT2D eigenvalue weighted by atomic mass is 9.86. The first kappa shape index (κ1) is 9.00. The van der Waals surface area contributed by atoms with Crippen molar-refractivity contribution < 1.29 is 10.1 Å². The van der Waals surface area contributed by atoms with Crippen LogP contribution in [-0.4, -0.2) is 30.6 Å². The van der Waals surface area contributed by atoms with Gasteiger partial charge in [0, 0.05) is 18.3 Å². The molecule has 3 aliphatic rings. The van der Waals surface area contributed by atoms with Gasteiger partial charge >= 0.3 is 0 Å². The molecule has 3 heteroatoms. The van der Waals surface area contributed by atoms with E-state index in [1.54, 1.807) is 4.90 Å². The van der Waals surface area contributed by atoms with Gasteiger partial charge < -0.3 is 10.1 Å². The predicted molar refractivity (Wildman–Crippen MR) is 51.3 cm³/mol. The van der Waals surface area contributed by atoms with Gasteiger partial charge in [0.1, 0.15) is 0 Å². The number of hydrogen-bond acceptors (Lipinski definition) is 2. The number of quaternary nitrogens is 1. The van der Waals surface area contributed by atoms with E-state index in [0.717, 1.165) is 30.4 Å². The Bertz CT molecular complexity index is 215. The molecule has 4 atom stereocenters. The molecule has 0 aromatic heterocycles. The van der Waals surface area contributed by atoms with E-state index in [4.69, 9.17) is 5.21 Å². The van der Waals surface area contributed by atoms with Crippen molar-refractivity contribution in [3.8, 4) is 0 Å². The Morgan fingerprint density at radius 1 is 1.46 bits per heavy atom. The highest BCUT2D eigenvalue weighted by Crippen LogP contribution is 2.27. The molecule has 1 aliphatic carbocycles. The van der Waals surface area contributed by atoms with Crippen LogP contribution in [0.3, 0.4) is 0 Å². The van der Waals surface area contributed by atoms with Gasteiger partial charge in [-0.3, -0.25) is 0 Å². The highest BCUT2D eigenvalue weighted by molar-refractivity contribution is 5.85. The number of rotatable bonds is 0. The molecule has 0 aromatic carbocycles. The van der Waals surface area contributed by atoms with Crippen molar-refractivity contribution in [2.45, 2.75) is 32.2 Å². The van der Waals surface area contributed by atoms with E-state index in [0.29, 0.717) is 6.04 Å². The highest BCUT2D eigenvalue weighted by Gasteiger charge is 2.40. The second-order valence-corrected chi connectivity index (χ2v) is 4.81. The van der Waals surface area contributed by atoms with E-state index in [1.165, 1.54) is 13.0 Å². The third-order valence-corrected chi connectivity index (χ3v) is 3.76. The first-order valence-electron chi connectivity index (χ1n) is 5.22. The zero-order valence-electron chi connectivity index (χ0n) is 8.45. The van der Waals surface area contributed by atoms with Gasteiger partial charge in [-0.25, -0.2) is 0 Å². The molecule has 3 nitrogen and oxygen atoms in total. The van der Waals surface area contributed by atoms with Crippen molar-refractivity contribution in [3.05, 3.63) is 0 Å². The summed E-state index contributed by atoms with van der Waals surface area (Å²) >= 11 is 0. The lowest BCUT2D eigenvalue weighted by Crippen LogP contribution is -3.15. The van der Waals surface area contributed by atoms with Gasteiger partial charge in [0.2, 0.25) is 0 Å². The van der Waals surface area contributed by atoms with Crippen LogP contribution in [0, 0.1) is 11.8 Å². The topological polar surface area (TPSA) is 37.0 Å². The maximum absolute atomic E-state index is 8.83. The average molecular weight is 183 g/mol. The van der Waals surface area contributed by atoms with E-state index in [-0.39, 0.29) is 0 Å². The van der Waals surface area contributed by atoms with Crippen LogP contribution in [0.4, 0.5) is 0 Å². The Labute approximate surface area is 79.4 Å². The minimum Gasteiger partial charge on any atom is -0.411 e. The van der Waals surface area contributed by atoms with E-state index in [1.807, 2.05) is 0 Å². The maximum atomic E-state index is 8.83. The molecule has 1 saturated carbocycles. The molecule has 2 aliphatic heterocycles. The summed E-state index contributed by atoms with van der Waals surface area (Å²) in [5.74, 6) is 1.54. The van der Waals surface area contributed by atoms with Crippen LogP contribution in [0.1, 0.15) is 26.2 Å². The molecule has 2 bridgehead atoms. The van der Waals surface area contributed by atoms with Gasteiger partial charge in [0.25, 0.3) is 0 Å². The van der Waals surface area contributed by atoms with Gasteiger partial charge in [-0.05, 0) is 12.8 Å². The monoisotopic (exact) mass is 183 g/mol. The van der Waals surface area contributed by atoms with Crippen LogP contribution in [0.2, 0.25) is 0 Å². The van der Waals surface area contributed by atoms with Crippen molar-refractivity contribution in [1.29, 1.82) is 0 Å². The van der Waals surface area contributed by atoms with Gasteiger partial charge in [-0.2, -0.15) is 0 Å². The van der Waals surface area contributed by atoms with Gasteiger partial charge in [-0.15, -0.1) is 0 Å². The number of nitrogens with zero attached hydrogens (tertiary/aromatic N) is 1. The zero-order chi connectivity index (χ0) is 9.42. The number of piperidine rings is 1. The summed E-state index contributed by atoms with van der Waals surface area (Å²) in [6.07, 6.45) is 3.34. The SMILES string of the molecule is C[C@H]1C[C@H]2C/C(=N\O)C[C@@H]1[NH+](C)C2. The molecule has 3 fully saturated rings. The van der Waals surface area contributed by atoms with E-state index in [9.17, 15) is 0 Å². The van der Waals surface area contributed by atoms with Crippen molar-refractivity contribution in [2.24, 2.45) is 17.0 Å². The summed E-state index contributed by atoms with van der Waals surface area (Å²) in [4.78, 5) is 1.63. The van der Waals surface area contributed by atoms with Crippen LogP contribution in [0.25, 0.3) is 0 Å². The van der Waals surface area contributed by atoms with Crippen LogP contribution < -0.4 is 4.90 Å². The number of oxime groups is 1. The number of hydrogen-bond donors (Lipinski definition) is 2. The standard InChI is InChI=1S/C10H18N2O/c1-7-3-8-4-9(11-13)5-10(7)12(2)6-8/h7-8,10,13H,3-6H2,1-2H3/p+1/b11-9+/t7-,8-,10-/m0/s1. The van der Waals surface area contributed by atoms with Crippen molar-refractivity contribution in [3.63, 3.8) is 0 Å². The molecule has 2 heterocycles. The normalized spacial score (nSPS) is 48.0. The Morgan fingerprint density at radius 3 is 2.85 bits per heavy atom. The maximum Gasteiger partial charge on any atom is 0.0952 e. The Morgan fingerprint density at radius 2 is 2.23 bits per heavy atom. The van der Waals surface area contributed by atoms with E-state index in [2.05, 4.69) is 19.1 Å². The fraction of sp³-hybridized carbons (Fsp3) is 0.900. The van der Waals surface area contributed by atoms with Crippen LogP contribution >= 0.6 is 0 Å². The molecule has 13 heavy (non-hydrogen) atoms. The molecule has 0 amide bonds. The van der Waals surface area contributed by atoms with Gasteiger partial charge in [0.15, 0.2) is 0 Å². The predicted octanol–water partition coefficient (Wildman–Crippen LogP) is 0.150. The summed E-state index contributed by atoms with van der Waals surface area (Å²) in [5, 5.41) is 12.3. The summed E-state index contributed by atoms with van der Waals surface area (Å²) < 4.78 is 0. The molecular weight excluding hydrogens is 164 g/mol. The van der Waals surface area contributed by atoms with Gasteiger partial charge in [-0.1, -0.05) is 12.1 Å². The second kappa shape index (κ2) is 3.29. The first-order valence-corrected chi connectivity index (χ1v) is 5.22. The van der Waals surface area contributed by atoms with Crippen molar-refractivity contribution in [1.82, 2.24) is 0 Å². The molecule has 3 rings (SSSR count). The quantitative estimate of drug-likeness (QED) is 0.407. The molecule has 0 aromatic rings. The van der Waals surface area contributed by atoms with E-state index >= 15 is 0 Å². The molecule has 0 radical (unpaired) electrons. The molecule has 2 saturated heterocycles.